The lowest BCUT2D eigenvalue weighted by Gasteiger charge is -2.18. The van der Waals surface area contributed by atoms with Crippen molar-refractivity contribution in [3.63, 3.8) is 0 Å². The van der Waals surface area contributed by atoms with Gasteiger partial charge in [-0.15, -0.1) is 0 Å². The van der Waals surface area contributed by atoms with Gasteiger partial charge in [-0.1, -0.05) is 18.2 Å². The first-order valence-electron chi connectivity index (χ1n) is 8.43. The van der Waals surface area contributed by atoms with Crippen molar-refractivity contribution in [2.45, 2.75) is 33.2 Å². The third-order valence-electron chi connectivity index (χ3n) is 4.35. The number of imide groups is 1. The van der Waals surface area contributed by atoms with Crippen molar-refractivity contribution in [1.29, 1.82) is 0 Å². The smallest absolute Gasteiger partial charge is 0.256 e. The van der Waals surface area contributed by atoms with E-state index in [1.807, 2.05) is 39.0 Å². The quantitative estimate of drug-likeness (QED) is 0.849. The van der Waals surface area contributed by atoms with Gasteiger partial charge in [0.25, 0.3) is 5.91 Å². The lowest BCUT2D eigenvalue weighted by Crippen LogP contribution is -2.35. The number of anilines is 2. The van der Waals surface area contributed by atoms with Crippen LogP contribution in [0.2, 0.25) is 0 Å². The van der Waals surface area contributed by atoms with Gasteiger partial charge >= 0.3 is 0 Å². The van der Waals surface area contributed by atoms with Gasteiger partial charge in [0.05, 0.1) is 18.7 Å². The maximum Gasteiger partial charge on any atom is 0.256 e. The number of amides is 2. The largest absolute Gasteiger partial charge is 0.494 e. The number of carbonyl (C=O) groups is 2. The molecule has 0 radical (unpaired) electrons. The predicted octanol–water partition coefficient (Wildman–Crippen LogP) is 3.45. The molecule has 3 rings (SSSR count). The Morgan fingerprint density at radius 2 is 1.72 bits per heavy atom. The summed E-state index contributed by atoms with van der Waals surface area (Å²) in [5, 5.41) is 3.25. The Hall–Kier alpha value is -2.82. The number of hydrogen-bond acceptors (Lipinski definition) is 4. The van der Waals surface area contributed by atoms with Gasteiger partial charge in [-0.3, -0.25) is 9.59 Å². The molecule has 1 heterocycles. The molecule has 0 unspecified atom stereocenters. The second-order valence-electron chi connectivity index (χ2n) is 6.16. The topological polar surface area (TPSA) is 58.6 Å². The molecule has 0 aromatic heterocycles. The van der Waals surface area contributed by atoms with E-state index in [1.165, 1.54) is 4.90 Å². The van der Waals surface area contributed by atoms with Crippen LogP contribution < -0.4 is 15.0 Å². The van der Waals surface area contributed by atoms with Crippen molar-refractivity contribution in [3.05, 3.63) is 53.6 Å². The van der Waals surface area contributed by atoms with E-state index in [-0.39, 0.29) is 18.2 Å². The first kappa shape index (κ1) is 17.0. The van der Waals surface area contributed by atoms with E-state index in [0.717, 1.165) is 22.6 Å². The molecule has 0 aliphatic carbocycles. The summed E-state index contributed by atoms with van der Waals surface area (Å²) in [4.78, 5) is 26.4. The molecule has 0 bridgehead atoms. The molecule has 0 saturated carbocycles. The number of hydrogen-bond donors (Lipinski definition) is 1. The zero-order valence-electron chi connectivity index (χ0n) is 14.7. The zero-order valence-corrected chi connectivity index (χ0v) is 14.7. The lowest BCUT2D eigenvalue weighted by molar-refractivity contribution is -0.121. The molecule has 1 aliphatic heterocycles. The van der Waals surface area contributed by atoms with Crippen LogP contribution in [0.1, 0.15) is 24.5 Å². The Morgan fingerprint density at radius 1 is 1.08 bits per heavy atom. The van der Waals surface area contributed by atoms with Crippen LogP contribution in [0.4, 0.5) is 11.4 Å². The first-order chi connectivity index (χ1) is 12.0. The Bertz CT molecular complexity index is 779. The third kappa shape index (κ3) is 3.36. The van der Waals surface area contributed by atoms with Gasteiger partial charge in [0, 0.05) is 5.69 Å². The molecular weight excluding hydrogens is 316 g/mol. The number of ether oxygens (including phenoxy) is 1. The maximum atomic E-state index is 12.8. The normalized spacial score (nSPS) is 17.1. The third-order valence-corrected chi connectivity index (χ3v) is 4.35. The van der Waals surface area contributed by atoms with E-state index in [0.29, 0.717) is 12.3 Å². The van der Waals surface area contributed by atoms with Gasteiger partial charge in [-0.05, 0) is 56.2 Å². The van der Waals surface area contributed by atoms with E-state index in [1.54, 1.807) is 24.3 Å². The lowest BCUT2D eigenvalue weighted by atomic mass is 10.1. The fourth-order valence-electron chi connectivity index (χ4n) is 3.09. The highest BCUT2D eigenvalue weighted by atomic mass is 16.5. The monoisotopic (exact) mass is 338 g/mol. The van der Waals surface area contributed by atoms with Crippen molar-refractivity contribution >= 4 is 23.2 Å². The Balaban J connectivity index is 1.80. The number of aryl methyl sites for hydroxylation is 2. The minimum atomic E-state index is -0.543. The van der Waals surface area contributed by atoms with Crippen LogP contribution in [-0.2, 0) is 9.59 Å². The van der Waals surface area contributed by atoms with Crippen LogP contribution in [0.25, 0.3) is 0 Å². The molecule has 2 aromatic rings. The van der Waals surface area contributed by atoms with Crippen molar-refractivity contribution < 1.29 is 14.3 Å². The van der Waals surface area contributed by atoms with Crippen LogP contribution in [-0.4, -0.2) is 24.5 Å². The molecular formula is C20H22N2O3. The summed E-state index contributed by atoms with van der Waals surface area (Å²) in [5.74, 6) is 0.297. The van der Waals surface area contributed by atoms with Gasteiger partial charge in [-0.25, -0.2) is 4.90 Å². The van der Waals surface area contributed by atoms with Crippen LogP contribution >= 0.6 is 0 Å². The minimum absolute atomic E-state index is 0.153. The molecule has 1 atom stereocenters. The SMILES string of the molecule is CCOc1ccc(N2C(=O)C[C@@H](Nc3c(C)cccc3C)C2=O)cc1. The first-order valence-corrected chi connectivity index (χ1v) is 8.43. The average molecular weight is 338 g/mol. The number of nitrogens with zero attached hydrogens (tertiary/aromatic N) is 1. The summed E-state index contributed by atoms with van der Waals surface area (Å²) >= 11 is 0. The fraction of sp³-hybridized carbons (Fsp3) is 0.300. The number of rotatable bonds is 5. The molecule has 2 aromatic carbocycles. The van der Waals surface area contributed by atoms with Crippen molar-refractivity contribution in [2.75, 3.05) is 16.8 Å². The number of carbonyl (C=O) groups excluding carboxylic acids is 2. The molecule has 0 spiro atoms. The van der Waals surface area contributed by atoms with Crippen molar-refractivity contribution in [1.82, 2.24) is 0 Å². The summed E-state index contributed by atoms with van der Waals surface area (Å²) in [6.45, 7) is 6.45. The Labute approximate surface area is 147 Å². The van der Waals surface area contributed by atoms with Crippen LogP contribution in [0.15, 0.2) is 42.5 Å². The number of benzene rings is 2. The highest BCUT2D eigenvalue weighted by molar-refractivity contribution is 6.23. The summed E-state index contributed by atoms with van der Waals surface area (Å²) in [7, 11) is 0. The maximum absolute atomic E-state index is 12.8. The summed E-state index contributed by atoms with van der Waals surface area (Å²) in [5.41, 5.74) is 3.60. The minimum Gasteiger partial charge on any atom is -0.494 e. The van der Waals surface area contributed by atoms with E-state index in [9.17, 15) is 9.59 Å². The molecule has 1 saturated heterocycles. The molecule has 1 aliphatic rings. The van der Waals surface area contributed by atoms with Crippen LogP contribution in [0.3, 0.4) is 0 Å². The summed E-state index contributed by atoms with van der Waals surface area (Å²) in [6, 6.07) is 12.4. The molecule has 1 fully saturated rings. The van der Waals surface area contributed by atoms with E-state index in [4.69, 9.17) is 4.74 Å². The van der Waals surface area contributed by atoms with Crippen LogP contribution in [0, 0.1) is 13.8 Å². The molecule has 1 N–H and O–H groups in total. The van der Waals surface area contributed by atoms with E-state index >= 15 is 0 Å². The molecule has 5 heteroatoms. The predicted molar refractivity (Wildman–Crippen MR) is 98.0 cm³/mol. The Morgan fingerprint density at radius 3 is 2.32 bits per heavy atom. The molecule has 5 nitrogen and oxygen atoms in total. The van der Waals surface area contributed by atoms with Crippen molar-refractivity contribution in [2.24, 2.45) is 0 Å². The molecule has 25 heavy (non-hydrogen) atoms. The van der Waals surface area contributed by atoms with Gasteiger partial charge < -0.3 is 10.1 Å². The fourth-order valence-corrected chi connectivity index (χ4v) is 3.09. The van der Waals surface area contributed by atoms with E-state index < -0.39 is 6.04 Å². The highest BCUT2D eigenvalue weighted by Crippen LogP contribution is 2.28. The highest BCUT2D eigenvalue weighted by Gasteiger charge is 2.39. The van der Waals surface area contributed by atoms with Crippen LogP contribution in [0.5, 0.6) is 5.75 Å². The molecule has 130 valence electrons. The number of para-hydroxylation sites is 1. The summed E-state index contributed by atoms with van der Waals surface area (Å²) in [6.07, 6.45) is 0.153. The van der Waals surface area contributed by atoms with E-state index in [2.05, 4.69) is 5.32 Å². The van der Waals surface area contributed by atoms with Gasteiger partial charge in [0.15, 0.2) is 0 Å². The van der Waals surface area contributed by atoms with Crippen molar-refractivity contribution in [3.8, 4) is 5.75 Å². The number of nitrogens with one attached hydrogen (secondary N) is 1. The Kier molecular flexibility index (Phi) is 4.74. The standard InChI is InChI=1S/C20H22N2O3/c1-4-25-16-10-8-15(9-11-16)22-18(23)12-17(20(22)24)21-19-13(2)6-5-7-14(19)3/h5-11,17,21H,4,12H2,1-3H3/t17-/m1/s1. The second-order valence-corrected chi connectivity index (χ2v) is 6.16. The second kappa shape index (κ2) is 6.97. The zero-order chi connectivity index (χ0) is 18.0. The molecule has 2 amide bonds. The average Bonchev–Trinajstić information content (AvgIpc) is 2.86. The van der Waals surface area contributed by atoms with Gasteiger partial charge in [0.2, 0.25) is 5.91 Å². The summed E-state index contributed by atoms with van der Waals surface area (Å²) < 4.78 is 5.40. The van der Waals surface area contributed by atoms with Gasteiger partial charge in [0.1, 0.15) is 11.8 Å². The van der Waals surface area contributed by atoms with Gasteiger partial charge in [-0.2, -0.15) is 0 Å².